The van der Waals surface area contributed by atoms with Gasteiger partial charge in [-0.05, 0) is 37.0 Å². The summed E-state index contributed by atoms with van der Waals surface area (Å²) in [5, 5.41) is 3.34. The monoisotopic (exact) mass is 366 g/mol. The maximum Gasteiger partial charge on any atom is 0.128 e. The van der Waals surface area contributed by atoms with Gasteiger partial charge >= 0.3 is 0 Å². The lowest BCUT2D eigenvalue weighted by molar-refractivity contribution is 0.100. The molecule has 1 aliphatic carbocycles. The number of piperazine rings is 1. The zero-order valence-corrected chi connectivity index (χ0v) is 14.9. The summed E-state index contributed by atoms with van der Waals surface area (Å²) in [7, 11) is 0. The molecule has 0 amide bonds. The zero-order chi connectivity index (χ0) is 14.7. The van der Waals surface area contributed by atoms with Crippen molar-refractivity contribution in [2.24, 2.45) is 5.92 Å². The van der Waals surface area contributed by atoms with Gasteiger partial charge < -0.3 is 5.32 Å². The molecule has 2 fully saturated rings. The van der Waals surface area contributed by atoms with E-state index in [1.54, 1.807) is 0 Å². The summed E-state index contributed by atoms with van der Waals surface area (Å²) in [6, 6.07) is 3.94. The van der Waals surface area contributed by atoms with Gasteiger partial charge in [-0.25, -0.2) is 8.78 Å². The smallest absolute Gasteiger partial charge is 0.128 e. The predicted molar refractivity (Wildman–Crippen MR) is 94.6 cm³/mol. The quantitative estimate of drug-likeness (QED) is 0.855. The first-order valence-corrected chi connectivity index (χ1v) is 8.15. The van der Waals surface area contributed by atoms with Crippen molar-refractivity contribution in [3.05, 3.63) is 35.4 Å². The van der Waals surface area contributed by atoms with E-state index in [2.05, 4.69) is 10.2 Å². The lowest BCUT2D eigenvalue weighted by Crippen LogP contribution is -2.47. The maximum atomic E-state index is 14.3. The van der Waals surface area contributed by atoms with Gasteiger partial charge in [0.1, 0.15) is 11.6 Å². The van der Waals surface area contributed by atoms with Crippen molar-refractivity contribution in [2.75, 3.05) is 26.2 Å². The number of nitrogens with one attached hydrogen (secondary N) is 1. The van der Waals surface area contributed by atoms with Crippen molar-refractivity contribution >= 4 is 24.8 Å². The first-order chi connectivity index (χ1) is 10.3. The summed E-state index contributed by atoms with van der Waals surface area (Å²) >= 11 is 0. The first kappa shape index (κ1) is 20.6. The Morgan fingerprint density at radius 3 is 2.30 bits per heavy atom. The molecule has 1 aromatic carbocycles. The van der Waals surface area contributed by atoms with Crippen LogP contribution in [-0.4, -0.2) is 31.1 Å². The lowest BCUT2D eigenvalue weighted by Gasteiger charge is -2.41. The van der Waals surface area contributed by atoms with Crippen LogP contribution < -0.4 is 5.32 Å². The molecule has 0 spiro atoms. The summed E-state index contributed by atoms with van der Waals surface area (Å²) in [5.41, 5.74) is 0.559. The van der Waals surface area contributed by atoms with Crippen molar-refractivity contribution in [3.8, 4) is 0 Å². The van der Waals surface area contributed by atoms with Crippen molar-refractivity contribution in [3.63, 3.8) is 0 Å². The molecule has 3 rings (SSSR count). The van der Waals surface area contributed by atoms with Crippen molar-refractivity contribution in [1.29, 1.82) is 0 Å². The molecule has 0 aromatic heterocycles. The Labute approximate surface area is 149 Å². The fraction of sp³-hybridized carbons (Fsp3) is 0.647. The predicted octanol–water partition coefficient (Wildman–Crippen LogP) is 4.34. The van der Waals surface area contributed by atoms with Gasteiger partial charge in [-0.1, -0.05) is 19.3 Å². The topological polar surface area (TPSA) is 15.3 Å². The maximum absolute atomic E-state index is 14.3. The van der Waals surface area contributed by atoms with E-state index in [4.69, 9.17) is 0 Å². The molecule has 0 unspecified atom stereocenters. The van der Waals surface area contributed by atoms with Crippen LogP contribution >= 0.6 is 24.8 Å². The fourth-order valence-corrected chi connectivity index (χ4v) is 3.90. The lowest BCUT2D eigenvalue weighted by atomic mass is 9.80. The summed E-state index contributed by atoms with van der Waals surface area (Å²) < 4.78 is 28.0. The molecule has 132 valence electrons. The molecule has 1 saturated carbocycles. The highest BCUT2D eigenvalue weighted by molar-refractivity contribution is 5.85. The van der Waals surface area contributed by atoms with Crippen LogP contribution in [0.5, 0.6) is 0 Å². The number of hydrogen-bond acceptors (Lipinski definition) is 2. The van der Waals surface area contributed by atoms with Crippen LogP contribution in [0.1, 0.15) is 43.7 Å². The average molecular weight is 367 g/mol. The third-order valence-corrected chi connectivity index (χ3v) is 4.92. The van der Waals surface area contributed by atoms with Crippen LogP contribution in [-0.2, 0) is 0 Å². The Morgan fingerprint density at radius 1 is 1.00 bits per heavy atom. The highest BCUT2D eigenvalue weighted by Crippen LogP contribution is 2.39. The molecular formula is C17H26Cl2F2N2. The van der Waals surface area contributed by atoms with Gasteiger partial charge in [0.2, 0.25) is 0 Å². The average Bonchev–Trinajstić information content (AvgIpc) is 2.53. The molecule has 1 N–H and O–H groups in total. The Kier molecular flexibility index (Phi) is 8.76. The zero-order valence-electron chi connectivity index (χ0n) is 13.3. The second-order valence-corrected chi connectivity index (χ2v) is 6.29. The van der Waals surface area contributed by atoms with Crippen LogP contribution in [0.4, 0.5) is 8.78 Å². The van der Waals surface area contributed by atoms with Crippen LogP contribution in [0, 0.1) is 17.6 Å². The molecule has 0 bridgehead atoms. The summed E-state index contributed by atoms with van der Waals surface area (Å²) in [6.45, 7) is 3.69. The largest absolute Gasteiger partial charge is 0.314 e. The number of nitrogens with zero attached hydrogens (tertiary/aromatic N) is 1. The molecule has 1 atom stereocenters. The standard InChI is InChI=1S/C17H24F2N2.2ClH/c18-14-6-7-16(19)15(12-14)17(13-4-2-1-3-5-13)21-10-8-20-9-11-21;;/h6-7,12-13,17,20H,1-5,8-11H2;2*1H/t17-;;/m1../s1. The Hall–Kier alpha value is -0.420. The van der Waals surface area contributed by atoms with E-state index in [0.29, 0.717) is 11.5 Å². The van der Waals surface area contributed by atoms with E-state index in [-0.39, 0.29) is 42.5 Å². The van der Waals surface area contributed by atoms with Crippen LogP contribution in [0.3, 0.4) is 0 Å². The van der Waals surface area contributed by atoms with E-state index in [0.717, 1.165) is 39.0 Å². The van der Waals surface area contributed by atoms with Crippen molar-refractivity contribution < 1.29 is 8.78 Å². The van der Waals surface area contributed by atoms with Crippen molar-refractivity contribution in [2.45, 2.75) is 38.1 Å². The van der Waals surface area contributed by atoms with E-state index in [1.807, 2.05) is 0 Å². The van der Waals surface area contributed by atoms with Gasteiger partial charge in [0.15, 0.2) is 0 Å². The van der Waals surface area contributed by atoms with Crippen LogP contribution in [0.25, 0.3) is 0 Å². The SMILES string of the molecule is Cl.Cl.Fc1ccc(F)c([C@@H](C2CCCCC2)N2CCNCC2)c1. The first-order valence-electron chi connectivity index (χ1n) is 8.15. The fourth-order valence-electron chi connectivity index (χ4n) is 3.90. The van der Waals surface area contributed by atoms with Gasteiger partial charge in [0.25, 0.3) is 0 Å². The molecule has 1 heterocycles. The van der Waals surface area contributed by atoms with Gasteiger partial charge in [0, 0.05) is 37.8 Å². The Balaban J connectivity index is 0.00000132. The number of rotatable bonds is 3. The molecule has 1 aliphatic heterocycles. The number of hydrogen-bond donors (Lipinski definition) is 1. The molecule has 2 nitrogen and oxygen atoms in total. The minimum atomic E-state index is -0.331. The number of benzene rings is 1. The summed E-state index contributed by atoms with van der Waals surface area (Å²) in [5.74, 6) is -0.138. The second kappa shape index (κ2) is 9.77. The molecule has 6 heteroatoms. The molecule has 1 aromatic rings. The van der Waals surface area contributed by atoms with Gasteiger partial charge in [-0.15, -0.1) is 24.8 Å². The highest BCUT2D eigenvalue weighted by Gasteiger charge is 2.32. The Bertz CT molecular complexity index is 458. The van der Waals surface area contributed by atoms with E-state index in [1.165, 1.54) is 37.5 Å². The molecular weight excluding hydrogens is 341 g/mol. The van der Waals surface area contributed by atoms with E-state index in [9.17, 15) is 8.78 Å². The van der Waals surface area contributed by atoms with E-state index < -0.39 is 0 Å². The molecule has 23 heavy (non-hydrogen) atoms. The normalized spacial score (nSPS) is 21.1. The highest BCUT2D eigenvalue weighted by atomic mass is 35.5. The third kappa shape index (κ3) is 5.02. The van der Waals surface area contributed by atoms with Gasteiger partial charge in [-0.2, -0.15) is 0 Å². The summed E-state index contributed by atoms with van der Waals surface area (Å²) in [4.78, 5) is 2.35. The minimum absolute atomic E-state index is 0. The van der Waals surface area contributed by atoms with Crippen molar-refractivity contribution in [1.82, 2.24) is 10.2 Å². The molecule has 2 aliphatic rings. The van der Waals surface area contributed by atoms with E-state index >= 15 is 0 Å². The molecule has 1 saturated heterocycles. The van der Waals surface area contributed by atoms with Crippen LogP contribution in [0.15, 0.2) is 18.2 Å². The second-order valence-electron chi connectivity index (χ2n) is 6.29. The number of halogens is 4. The van der Waals surface area contributed by atoms with Gasteiger partial charge in [0.05, 0.1) is 0 Å². The Morgan fingerprint density at radius 2 is 1.65 bits per heavy atom. The minimum Gasteiger partial charge on any atom is -0.314 e. The summed E-state index contributed by atoms with van der Waals surface area (Å²) in [6.07, 6.45) is 5.96. The van der Waals surface area contributed by atoms with Crippen LogP contribution in [0.2, 0.25) is 0 Å². The third-order valence-electron chi connectivity index (χ3n) is 4.92. The van der Waals surface area contributed by atoms with Gasteiger partial charge in [-0.3, -0.25) is 4.90 Å². The molecule has 0 radical (unpaired) electrons.